The lowest BCUT2D eigenvalue weighted by atomic mass is 10.2. The minimum Gasteiger partial charge on any atom is -0.492 e. The van der Waals surface area contributed by atoms with E-state index in [4.69, 9.17) is 21.1 Å². The quantitative estimate of drug-likeness (QED) is 0.870. The minimum absolute atomic E-state index is 0.257. The summed E-state index contributed by atoms with van der Waals surface area (Å²) in [5, 5.41) is 3.37. The molecular weight excluding hydrogens is 302 g/mol. The standard InChI is InChI=1S/C17H18ClNO3/c1-3-21-16-10-5-4-9-15(16)19-17(20)12(2)22-14-8-6-7-13(18)11-14/h4-12H,3H2,1-2H3,(H,19,20)/t12-/m0/s1. The van der Waals surface area contributed by atoms with Gasteiger partial charge in [-0.25, -0.2) is 0 Å². The molecule has 0 saturated carbocycles. The summed E-state index contributed by atoms with van der Waals surface area (Å²) in [5.74, 6) is 0.925. The molecule has 116 valence electrons. The molecule has 0 radical (unpaired) electrons. The molecule has 0 aromatic heterocycles. The highest BCUT2D eigenvalue weighted by atomic mass is 35.5. The number of para-hydroxylation sites is 2. The van der Waals surface area contributed by atoms with Crippen LogP contribution in [0.3, 0.4) is 0 Å². The highest BCUT2D eigenvalue weighted by molar-refractivity contribution is 6.30. The molecular formula is C17H18ClNO3. The van der Waals surface area contributed by atoms with Gasteiger partial charge in [0.1, 0.15) is 11.5 Å². The molecule has 2 rings (SSSR count). The second-order valence-electron chi connectivity index (χ2n) is 4.64. The van der Waals surface area contributed by atoms with E-state index in [1.54, 1.807) is 37.3 Å². The molecule has 1 amide bonds. The minimum atomic E-state index is -0.659. The average Bonchev–Trinajstić information content (AvgIpc) is 2.49. The first-order valence-electron chi connectivity index (χ1n) is 7.05. The van der Waals surface area contributed by atoms with Crippen LogP contribution in [0.5, 0.6) is 11.5 Å². The van der Waals surface area contributed by atoms with Crippen molar-refractivity contribution >= 4 is 23.2 Å². The van der Waals surface area contributed by atoms with E-state index in [-0.39, 0.29) is 5.91 Å². The monoisotopic (exact) mass is 319 g/mol. The third-order valence-corrected chi connectivity index (χ3v) is 3.16. The summed E-state index contributed by atoms with van der Waals surface area (Å²) < 4.78 is 11.1. The Morgan fingerprint density at radius 2 is 2.00 bits per heavy atom. The summed E-state index contributed by atoms with van der Waals surface area (Å²) in [6.07, 6.45) is -0.659. The summed E-state index contributed by atoms with van der Waals surface area (Å²) >= 11 is 5.90. The number of hydrogen-bond acceptors (Lipinski definition) is 3. The van der Waals surface area contributed by atoms with Crippen LogP contribution in [0.15, 0.2) is 48.5 Å². The SMILES string of the molecule is CCOc1ccccc1NC(=O)[C@H](C)Oc1cccc(Cl)c1. The zero-order valence-electron chi connectivity index (χ0n) is 12.5. The van der Waals surface area contributed by atoms with Crippen molar-refractivity contribution < 1.29 is 14.3 Å². The summed E-state index contributed by atoms with van der Waals surface area (Å²) in [5.41, 5.74) is 0.621. The molecule has 0 aliphatic rings. The van der Waals surface area contributed by atoms with Crippen LogP contribution in [0.2, 0.25) is 5.02 Å². The van der Waals surface area contributed by atoms with Gasteiger partial charge in [-0.15, -0.1) is 0 Å². The van der Waals surface area contributed by atoms with Gasteiger partial charge < -0.3 is 14.8 Å². The predicted molar refractivity (Wildman–Crippen MR) is 87.8 cm³/mol. The van der Waals surface area contributed by atoms with Crippen LogP contribution in [0, 0.1) is 0 Å². The van der Waals surface area contributed by atoms with Crippen LogP contribution in [-0.4, -0.2) is 18.6 Å². The van der Waals surface area contributed by atoms with Crippen LogP contribution in [0.4, 0.5) is 5.69 Å². The molecule has 0 bridgehead atoms. The van der Waals surface area contributed by atoms with E-state index < -0.39 is 6.10 Å². The van der Waals surface area contributed by atoms with Gasteiger partial charge in [0.2, 0.25) is 0 Å². The molecule has 0 aliphatic carbocycles. The molecule has 22 heavy (non-hydrogen) atoms. The lowest BCUT2D eigenvalue weighted by molar-refractivity contribution is -0.122. The topological polar surface area (TPSA) is 47.6 Å². The van der Waals surface area contributed by atoms with Gasteiger partial charge in [-0.05, 0) is 44.2 Å². The Hall–Kier alpha value is -2.20. The Kier molecular flexibility index (Phi) is 5.67. The Morgan fingerprint density at radius 3 is 2.73 bits per heavy atom. The van der Waals surface area contributed by atoms with Crippen LogP contribution in [0.25, 0.3) is 0 Å². The summed E-state index contributed by atoms with van der Waals surface area (Å²) in [6.45, 7) is 4.10. The number of benzene rings is 2. The number of rotatable bonds is 6. The fourth-order valence-electron chi connectivity index (χ4n) is 1.88. The van der Waals surface area contributed by atoms with Crippen molar-refractivity contribution in [3.8, 4) is 11.5 Å². The molecule has 0 saturated heterocycles. The maximum Gasteiger partial charge on any atom is 0.265 e. The molecule has 0 unspecified atom stereocenters. The lowest BCUT2D eigenvalue weighted by Crippen LogP contribution is -2.30. The molecule has 2 aromatic carbocycles. The summed E-state index contributed by atoms with van der Waals surface area (Å²) in [7, 11) is 0. The van der Waals surface area contributed by atoms with E-state index in [1.165, 1.54) is 0 Å². The van der Waals surface area contributed by atoms with E-state index in [9.17, 15) is 4.79 Å². The van der Waals surface area contributed by atoms with E-state index in [0.717, 1.165) is 0 Å². The van der Waals surface area contributed by atoms with Gasteiger partial charge in [0, 0.05) is 5.02 Å². The molecule has 4 nitrogen and oxygen atoms in total. The predicted octanol–water partition coefficient (Wildman–Crippen LogP) is 4.14. The Balaban J connectivity index is 2.02. The summed E-state index contributed by atoms with van der Waals surface area (Å²) in [6, 6.07) is 14.2. The van der Waals surface area contributed by atoms with Crippen molar-refractivity contribution in [1.29, 1.82) is 0 Å². The van der Waals surface area contributed by atoms with Gasteiger partial charge >= 0.3 is 0 Å². The molecule has 0 heterocycles. The van der Waals surface area contributed by atoms with Crippen molar-refractivity contribution in [3.05, 3.63) is 53.6 Å². The zero-order valence-corrected chi connectivity index (χ0v) is 13.3. The highest BCUT2D eigenvalue weighted by Crippen LogP contribution is 2.24. The smallest absolute Gasteiger partial charge is 0.265 e. The second kappa shape index (κ2) is 7.71. The lowest BCUT2D eigenvalue weighted by Gasteiger charge is -2.16. The maximum atomic E-state index is 12.2. The van der Waals surface area contributed by atoms with Crippen molar-refractivity contribution in [2.45, 2.75) is 20.0 Å². The van der Waals surface area contributed by atoms with Crippen LogP contribution >= 0.6 is 11.6 Å². The number of hydrogen-bond donors (Lipinski definition) is 1. The number of anilines is 1. The number of carbonyl (C=O) groups excluding carboxylic acids is 1. The first-order valence-corrected chi connectivity index (χ1v) is 7.43. The van der Waals surface area contributed by atoms with Gasteiger partial charge in [0.25, 0.3) is 5.91 Å². The Labute approximate surface area is 135 Å². The second-order valence-corrected chi connectivity index (χ2v) is 5.07. The first kappa shape index (κ1) is 16.2. The average molecular weight is 320 g/mol. The number of ether oxygens (including phenoxy) is 2. The van der Waals surface area contributed by atoms with Crippen molar-refractivity contribution in [1.82, 2.24) is 0 Å². The van der Waals surface area contributed by atoms with Crippen molar-refractivity contribution in [2.75, 3.05) is 11.9 Å². The molecule has 0 fully saturated rings. The molecule has 1 atom stereocenters. The largest absolute Gasteiger partial charge is 0.492 e. The number of halogens is 1. The molecule has 1 N–H and O–H groups in total. The van der Waals surface area contributed by atoms with Gasteiger partial charge in [-0.3, -0.25) is 4.79 Å². The fraction of sp³-hybridized carbons (Fsp3) is 0.235. The Morgan fingerprint density at radius 1 is 1.23 bits per heavy atom. The number of nitrogens with one attached hydrogen (secondary N) is 1. The van der Waals surface area contributed by atoms with E-state index in [2.05, 4.69) is 5.32 Å². The normalized spacial score (nSPS) is 11.6. The maximum absolute atomic E-state index is 12.2. The molecule has 0 spiro atoms. The number of carbonyl (C=O) groups is 1. The van der Waals surface area contributed by atoms with E-state index in [1.807, 2.05) is 25.1 Å². The number of amides is 1. The van der Waals surface area contributed by atoms with Crippen molar-refractivity contribution in [3.63, 3.8) is 0 Å². The third kappa shape index (κ3) is 4.40. The van der Waals surface area contributed by atoms with Crippen LogP contribution in [0.1, 0.15) is 13.8 Å². The van der Waals surface area contributed by atoms with Crippen LogP contribution in [-0.2, 0) is 4.79 Å². The van der Waals surface area contributed by atoms with Gasteiger partial charge in [0.05, 0.1) is 12.3 Å². The van der Waals surface area contributed by atoms with Crippen molar-refractivity contribution in [2.24, 2.45) is 0 Å². The van der Waals surface area contributed by atoms with Crippen LogP contribution < -0.4 is 14.8 Å². The van der Waals surface area contributed by atoms with E-state index >= 15 is 0 Å². The van der Waals surface area contributed by atoms with E-state index in [0.29, 0.717) is 28.8 Å². The zero-order chi connectivity index (χ0) is 15.9. The molecule has 5 heteroatoms. The highest BCUT2D eigenvalue weighted by Gasteiger charge is 2.16. The van der Waals surface area contributed by atoms with Gasteiger partial charge in [-0.2, -0.15) is 0 Å². The van der Waals surface area contributed by atoms with Gasteiger partial charge in [-0.1, -0.05) is 29.8 Å². The first-order chi connectivity index (χ1) is 10.6. The third-order valence-electron chi connectivity index (χ3n) is 2.92. The summed E-state index contributed by atoms with van der Waals surface area (Å²) in [4.78, 5) is 12.2. The molecule has 2 aromatic rings. The van der Waals surface area contributed by atoms with Gasteiger partial charge in [0.15, 0.2) is 6.10 Å². The fourth-order valence-corrected chi connectivity index (χ4v) is 2.06. The molecule has 0 aliphatic heterocycles. The Bertz CT molecular complexity index is 645.